The Morgan fingerprint density at radius 3 is 2.52 bits per heavy atom. The second-order valence-electron chi connectivity index (χ2n) is 6.18. The summed E-state index contributed by atoms with van der Waals surface area (Å²) < 4.78 is 5.75. The number of hydrogen-bond acceptors (Lipinski definition) is 3. The first kappa shape index (κ1) is 16.5. The number of ether oxygens (including phenoxy) is 1. The van der Waals surface area contributed by atoms with E-state index in [0.717, 1.165) is 31.6 Å². The Hall–Kier alpha value is -0.900. The quantitative estimate of drug-likeness (QED) is 0.904. The fraction of sp³-hybridized carbons (Fsp3) is 0.667. The smallest absolute Gasteiger partial charge is 0.0942 e. The molecule has 2 rings (SSSR count). The molecule has 3 heteroatoms. The van der Waals surface area contributed by atoms with Crippen molar-refractivity contribution in [3.63, 3.8) is 0 Å². The number of aliphatic hydroxyl groups is 1. The van der Waals surface area contributed by atoms with Gasteiger partial charge in [0.1, 0.15) is 0 Å². The molecule has 4 atom stereocenters. The van der Waals surface area contributed by atoms with Gasteiger partial charge >= 0.3 is 0 Å². The van der Waals surface area contributed by atoms with E-state index in [-0.39, 0.29) is 12.1 Å². The van der Waals surface area contributed by atoms with E-state index in [1.165, 1.54) is 5.56 Å². The van der Waals surface area contributed by atoms with Gasteiger partial charge < -0.3 is 9.84 Å². The molecule has 0 aromatic heterocycles. The van der Waals surface area contributed by atoms with E-state index in [0.29, 0.717) is 6.04 Å². The van der Waals surface area contributed by atoms with Crippen LogP contribution in [-0.2, 0) is 11.2 Å². The summed E-state index contributed by atoms with van der Waals surface area (Å²) in [4.78, 5) is 2.41. The van der Waals surface area contributed by atoms with Crippen molar-refractivity contribution in [3.8, 4) is 0 Å². The zero-order chi connectivity index (χ0) is 15.4. The monoisotopic (exact) mass is 291 g/mol. The molecule has 1 aliphatic heterocycles. The van der Waals surface area contributed by atoms with Crippen molar-refractivity contribution in [1.82, 2.24) is 4.90 Å². The summed E-state index contributed by atoms with van der Waals surface area (Å²) in [5, 5.41) is 10.7. The third-order valence-corrected chi connectivity index (χ3v) is 4.69. The Kier molecular flexibility index (Phi) is 5.80. The zero-order valence-corrected chi connectivity index (χ0v) is 13.7. The molecule has 0 bridgehead atoms. The summed E-state index contributed by atoms with van der Waals surface area (Å²) in [6.45, 7) is 10.2. The van der Waals surface area contributed by atoms with E-state index >= 15 is 0 Å². The number of hydrogen-bond donors (Lipinski definition) is 1. The molecule has 0 radical (unpaired) electrons. The largest absolute Gasteiger partial charge is 0.387 e. The summed E-state index contributed by atoms with van der Waals surface area (Å²) in [7, 11) is 0. The SMILES string of the molecule is CCc1ccc(C(O)C(C)N2CC(C)OCC2CC)cc1. The van der Waals surface area contributed by atoms with Crippen LogP contribution in [0.1, 0.15) is 51.3 Å². The molecular formula is C18H29NO2. The molecule has 0 amide bonds. The van der Waals surface area contributed by atoms with Crippen LogP contribution in [0, 0.1) is 0 Å². The molecule has 21 heavy (non-hydrogen) atoms. The van der Waals surface area contributed by atoms with Crippen LogP contribution < -0.4 is 0 Å². The molecule has 118 valence electrons. The molecule has 0 spiro atoms. The minimum atomic E-state index is -0.449. The van der Waals surface area contributed by atoms with Crippen molar-refractivity contribution < 1.29 is 9.84 Å². The summed E-state index contributed by atoms with van der Waals surface area (Å²) in [6.07, 6.45) is 1.88. The Bertz CT molecular complexity index is 431. The molecule has 3 nitrogen and oxygen atoms in total. The zero-order valence-electron chi connectivity index (χ0n) is 13.7. The highest BCUT2D eigenvalue weighted by Crippen LogP contribution is 2.26. The first-order valence-electron chi connectivity index (χ1n) is 8.21. The summed E-state index contributed by atoms with van der Waals surface area (Å²) >= 11 is 0. The van der Waals surface area contributed by atoms with E-state index < -0.39 is 6.10 Å². The Balaban J connectivity index is 2.10. The van der Waals surface area contributed by atoms with Gasteiger partial charge in [-0.1, -0.05) is 38.1 Å². The highest BCUT2D eigenvalue weighted by molar-refractivity contribution is 5.25. The lowest BCUT2D eigenvalue weighted by Gasteiger charge is -2.43. The first-order chi connectivity index (χ1) is 10.1. The molecule has 1 heterocycles. The van der Waals surface area contributed by atoms with Crippen molar-refractivity contribution in [2.24, 2.45) is 0 Å². The average molecular weight is 291 g/mol. The van der Waals surface area contributed by atoms with Crippen LogP contribution >= 0.6 is 0 Å². The van der Waals surface area contributed by atoms with Crippen LogP contribution in [0.5, 0.6) is 0 Å². The van der Waals surface area contributed by atoms with Gasteiger partial charge in [-0.15, -0.1) is 0 Å². The number of aliphatic hydroxyl groups excluding tert-OH is 1. The Morgan fingerprint density at radius 1 is 1.29 bits per heavy atom. The maximum absolute atomic E-state index is 10.7. The number of nitrogens with zero attached hydrogens (tertiary/aromatic N) is 1. The van der Waals surface area contributed by atoms with Crippen molar-refractivity contribution in [2.45, 2.75) is 64.8 Å². The molecule has 1 aliphatic rings. The van der Waals surface area contributed by atoms with Gasteiger partial charge in [0.25, 0.3) is 0 Å². The highest BCUT2D eigenvalue weighted by atomic mass is 16.5. The van der Waals surface area contributed by atoms with E-state index in [1.54, 1.807) is 0 Å². The second-order valence-corrected chi connectivity index (χ2v) is 6.18. The number of rotatable bonds is 5. The van der Waals surface area contributed by atoms with Gasteiger partial charge in [-0.05, 0) is 37.8 Å². The average Bonchev–Trinajstić information content (AvgIpc) is 2.53. The molecule has 1 N–H and O–H groups in total. The van der Waals surface area contributed by atoms with Gasteiger partial charge in [0, 0.05) is 18.6 Å². The standard InChI is InChI=1S/C18H29NO2/c1-5-15-7-9-16(10-8-15)18(20)14(4)19-11-13(3)21-12-17(19)6-2/h7-10,13-14,17-18,20H,5-6,11-12H2,1-4H3. The molecule has 1 fully saturated rings. The minimum absolute atomic E-state index is 0.105. The van der Waals surface area contributed by atoms with E-state index in [9.17, 15) is 5.11 Å². The fourth-order valence-corrected chi connectivity index (χ4v) is 3.13. The van der Waals surface area contributed by atoms with E-state index in [4.69, 9.17) is 4.74 Å². The third-order valence-electron chi connectivity index (χ3n) is 4.69. The van der Waals surface area contributed by atoms with Crippen molar-refractivity contribution in [2.75, 3.05) is 13.2 Å². The van der Waals surface area contributed by atoms with Gasteiger partial charge in [-0.25, -0.2) is 0 Å². The topological polar surface area (TPSA) is 32.7 Å². The Labute approximate surface area is 128 Å². The van der Waals surface area contributed by atoms with Crippen molar-refractivity contribution in [1.29, 1.82) is 0 Å². The van der Waals surface area contributed by atoms with Crippen molar-refractivity contribution in [3.05, 3.63) is 35.4 Å². The molecule has 0 saturated carbocycles. The second kappa shape index (κ2) is 7.39. The van der Waals surface area contributed by atoms with Crippen LogP contribution in [0.3, 0.4) is 0 Å². The molecule has 1 aromatic rings. The molecule has 0 aliphatic carbocycles. The highest BCUT2D eigenvalue weighted by Gasteiger charge is 2.32. The van der Waals surface area contributed by atoms with E-state index in [2.05, 4.69) is 56.9 Å². The normalized spacial score (nSPS) is 26.5. The predicted octanol–water partition coefficient (Wildman–Crippen LogP) is 3.17. The fourth-order valence-electron chi connectivity index (χ4n) is 3.13. The minimum Gasteiger partial charge on any atom is -0.387 e. The Morgan fingerprint density at radius 2 is 1.95 bits per heavy atom. The van der Waals surface area contributed by atoms with Crippen LogP contribution in [0.15, 0.2) is 24.3 Å². The predicted molar refractivity (Wildman–Crippen MR) is 86.4 cm³/mol. The number of aryl methyl sites for hydroxylation is 1. The van der Waals surface area contributed by atoms with Crippen LogP contribution in [0.2, 0.25) is 0 Å². The van der Waals surface area contributed by atoms with Crippen LogP contribution in [-0.4, -0.2) is 41.3 Å². The lowest BCUT2D eigenvalue weighted by atomic mass is 9.97. The van der Waals surface area contributed by atoms with Gasteiger partial charge in [-0.3, -0.25) is 4.90 Å². The number of morpholine rings is 1. The summed E-state index contributed by atoms with van der Waals surface area (Å²) in [5.74, 6) is 0. The van der Waals surface area contributed by atoms with Gasteiger partial charge in [-0.2, -0.15) is 0 Å². The van der Waals surface area contributed by atoms with Crippen molar-refractivity contribution >= 4 is 0 Å². The summed E-state index contributed by atoms with van der Waals surface area (Å²) in [5.41, 5.74) is 2.32. The van der Waals surface area contributed by atoms with Crippen LogP contribution in [0.4, 0.5) is 0 Å². The summed E-state index contributed by atoms with van der Waals surface area (Å²) in [6, 6.07) is 8.86. The lowest BCUT2D eigenvalue weighted by molar-refractivity contribution is -0.0896. The van der Waals surface area contributed by atoms with Gasteiger partial charge in [0.15, 0.2) is 0 Å². The maximum Gasteiger partial charge on any atom is 0.0942 e. The maximum atomic E-state index is 10.7. The molecule has 4 unspecified atom stereocenters. The van der Waals surface area contributed by atoms with Crippen LogP contribution in [0.25, 0.3) is 0 Å². The lowest BCUT2D eigenvalue weighted by Crippen LogP contribution is -2.53. The van der Waals surface area contributed by atoms with Gasteiger partial charge in [0.05, 0.1) is 18.8 Å². The molecule has 1 saturated heterocycles. The first-order valence-corrected chi connectivity index (χ1v) is 8.21. The molecule has 1 aromatic carbocycles. The van der Waals surface area contributed by atoms with Gasteiger partial charge in [0.2, 0.25) is 0 Å². The third kappa shape index (κ3) is 3.85. The number of benzene rings is 1. The molecular weight excluding hydrogens is 262 g/mol. The van der Waals surface area contributed by atoms with E-state index in [1.807, 2.05) is 0 Å².